The van der Waals surface area contributed by atoms with Gasteiger partial charge in [0.25, 0.3) is 0 Å². The predicted octanol–water partition coefficient (Wildman–Crippen LogP) is 4.12. The average Bonchev–Trinajstić information content (AvgIpc) is 2.50. The Hall–Kier alpha value is -2.55. The van der Waals surface area contributed by atoms with E-state index in [1.807, 2.05) is 24.4 Å². The first-order valence-corrected chi connectivity index (χ1v) is 6.76. The summed E-state index contributed by atoms with van der Waals surface area (Å²) in [6.45, 7) is 2.15. The van der Waals surface area contributed by atoms with Crippen LogP contribution in [-0.2, 0) is 6.42 Å². The van der Waals surface area contributed by atoms with Gasteiger partial charge in [0.15, 0.2) is 0 Å². The zero-order valence-corrected chi connectivity index (χ0v) is 11.4. The highest BCUT2D eigenvalue weighted by Crippen LogP contribution is 2.30. The van der Waals surface area contributed by atoms with Gasteiger partial charge in [0.1, 0.15) is 0 Å². The van der Waals surface area contributed by atoms with Gasteiger partial charge in [-0.25, -0.2) is 0 Å². The van der Waals surface area contributed by atoms with Crippen LogP contribution in [0.2, 0.25) is 0 Å². The Morgan fingerprint density at radius 1 is 1.15 bits per heavy atom. The Morgan fingerprint density at radius 3 is 2.90 bits per heavy atom. The molecule has 0 fully saturated rings. The third-order valence-electron chi connectivity index (χ3n) is 3.48. The van der Waals surface area contributed by atoms with Crippen LogP contribution >= 0.6 is 0 Å². The second-order valence-corrected chi connectivity index (χ2v) is 4.80. The van der Waals surface area contributed by atoms with E-state index in [1.165, 1.54) is 5.56 Å². The van der Waals surface area contributed by atoms with Gasteiger partial charge < -0.3 is 11.1 Å². The van der Waals surface area contributed by atoms with Crippen LogP contribution in [0.25, 0.3) is 10.8 Å². The van der Waals surface area contributed by atoms with E-state index in [0.29, 0.717) is 0 Å². The number of nitrogens with two attached hydrogens (primary N) is 1. The van der Waals surface area contributed by atoms with Gasteiger partial charge >= 0.3 is 0 Å². The molecule has 3 N–H and O–H groups in total. The van der Waals surface area contributed by atoms with Crippen molar-refractivity contribution in [2.75, 3.05) is 11.1 Å². The normalized spacial score (nSPS) is 10.7. The summed E-state index contributed by atoms with van der Waals surface area (Å²) in [4.78, 5) is 4.11. The molecule has 2 aromatic carbocycles. The highest BCUT2D eigenvalue weighted by Gasteiger charge is 2.05. The maximum Gasteiger partial charge on any atom is 0.0634 e. The fraction of sp³-hybridized carbons (Fsp3) is 0.118. The van der Waals surface area contributed by atoms with Crippen LogP contribution in [0.5, 0.6) is 0 Å². The molecule has 0 unspecified atom stereocenters. The molecule has 0 radical (unpaired) electrons. The van der Waals surface area contributed by atoms with E-state index in [4.69, 9.17) is 5.73 Å². The monoisotopic (exact) mass is 263 g/mol. The van der Waals surface area contributed by atoms with Gasteiger partial charge in [0, 0.05) is 28.9 Å². The zero-order chi connectivity index (χ0) is 13.9. The van der Waals surface area contributed by atoms with Crippen molar-refractivity contribution in [3.8, 4) is 0 Å². The van der Waals surface area contributed by atoms with Gasteiger partial charge in [-0.15, -0.1) is 0 Å². The summed E-state index contributed by atoms with van der Waals surface area (Å²) in [6, 6.07) is 14.4. The molecule has 0 atom stereocenters. The topological polar surface area (TPSA) is 50.9 Å². The highest BCUT2D eigenvalue weighted by atomic mass is 14.9. The first-order chi connectivity index (χ1) is 9.78. The van der Waals surface area contributed by atoms with Gasteiger partial charge in [-0.1, -0.05) is 25.1 Å². The van der Waals surface area contributed by atoms with Crippen molar-refractivity contribution in [3.05, 3.63) is 60.4 Å². The second-order valence-electron chi connectivity index (χ2n) is 4.80. The lowest BCUT2D eigenvalue weighted by Gasteiger charge is -2.12. The Morgan fingerprint density at radius 2 is 2.05 bits per heavy atom. The Balaban J connectivity index is 2.00. The Kier molecular flexibility index (Phi) is 3.25. The van der Waals surface area contributed by atoms with Gasteiger partial charge in [0.2, 0.25) is 0 Å². The summed E-state index contributed by atoms with van der Waals surface area (Å²) in [7, 11) is 0. The smallest absolute Gasteiger partial charge is 0.0634 e. The maximum atomic E-state index is 6.25. The first-order valence-electron chi connectivity index (χ1n) is 6.76. The van der Waals surface area contributed by atoms with E-state index >= 15 is 0 Å². The van der Waals surface area contributed by atoms with Crippen LogP contribution in [0.1, 0.15) is 12.5 Å². The molecule has 3 rings (SSSR count). The molecule has 100 valence electrons. The lowest BCUT2D eigenvalue weighted by atomic mass is 10.1. The minimum absolute atomic E-state index is 0.756. The van der Waals surface area contributed by atoms with E-state index < -0.39 is 0 Å². The molecule has 20 heavy (non-hydrogen) atoms. The van der Waals surface area contributed by atoms with Crippen molar-refractivity contribution in [2.24, 2.45) is 0 Å². The quantitative estimate of drug-likeness (QED) is 0.699. The lowest BCUT2D eigenvalue weighted by molar-refractivity contribution is 1.14. The fourth-order valence-corrected chi connectivity index (χ4v) is 2.33. The number of aryl methyl sites for hydroxylation is 1. The molecular weight excluding hydrogens is 246 g/mol. The second kappa shape index (κ2) is 5.21. The Labute approximate surface area is 118 Å². The minimum Gasteiger partial charge on any atom is -0.397 e. The molecule has 3 heteroatoms. The van der Waals surface area contributed by atoms with E-state index in [2.05, 4.69) is 41.5 Å². The molecule has 3 aromatic rings. The highest BCUT2D eigenvalue weighted by molar-refractivity contribution is 5.99. The number of nitrogens with zero attached hydrogens (tertiary/aromatic N) is 1. The van der Waals surface area contributed by atoms with Crippen LogP contribution in [0.15, 0.2) is 54.9 Å². The third-order valence-corrected chi connectivity index (χ3v) is 3.48. The fourth-order valence-electron chi connectivity index (χ4n) is 2.33. The van der Waals surface area contributed by atoms with Crippen LogP contribution in [0, 0.1) is 0 Å². The number of nitrogens with one attached hydrogen (secondary N) is 1. The number of pyridine rings is 1. The molecule has 0 aliphatic carbocycles. The zero-order valence-electron chi connectivity index (χ0n) is 11.4. The van der Waals surface area contributed by atoms with E-state index in [-0.39, 0.29) is 0 Å². The van der Waals surface area contributed by atoms with Gasteiger partial charge in [-0.3, -0.25) is 4.98 Å². The number of benzene rings is 2. The number of hydrogen-bond donors (Lipinski definition) is 2. The number of anilines is 3. The molecule has 1 heterocycles. The lowest BCUT2D eigenvalue weighted by Crippen LogP contribution is -1.97. The molecule has 0 aliphatic rings. The molecule has 0 saturated carbocycles. The molecule has 3 nitrogen and oxygen atoms in total. The van der Waals surface area contributed by atoms with Crippen molar-refractivity contribution < 1.29 is 0 Å². The minimum atomic E-state index is 0.756. The van der Waals surface area contributed by atoms with Crippen molar-refractivity contribution in [1.82, 2.24) is 4.98 Å². The largest absolute Gasteiger partial charge is 0.397 e. The Bertz CT molecular complexity index is 750. The number of hydrogen-bond acceptors (Lipinski definition) is 3. The molecule has 0 spiro atoms. The van der Waals surface area contributed by atoms with Crippen molar-refractivity contribution >= 4 is 27.8 Å². The first kappa shape index (κ1) is 12.5. The van der Waals surface area contributed by atoms with E-state index in [9.17, 15) is 0 Å². The third kappa shape index (κ3) is 2.30. The number of rotatable bonds is 3. The average molecular weight is 263 g/mol. The molecule has 0 amide bonds. The van der Waals surface area contributed by atoms with Crippen molar-refractivity contribution in [2.45, 2.75) is 13.3 Å². The summed E-state index contributed by atoms with van der Waals surface area (Å²) in [5, 5.41) is 5.47. The molecular formula is C17H17N3. The summed E-state index contributed by atoms with van der Waals surface area (Å²) < 4.78 is 0. The maximum absolute atomic E-state index is 6.25. The summed E-state index contributed by atoms with van der Waals surface area (Å²) in [6.07, 6.45) is 4.61. The summed E-state index contributed by atoms with van der Waals surface area (Å²) in [5.41, 5.74) is 10.3. The van der Waals surface area contributed by atoms with Crippen LogP contribution in [0.4, 0.5) is 17.1 Å². The van der Waals surface area contributed by atoms with Crippen LogP contribution in [0.3, 0.4) is 0 Å². The molecule has 0 saturated heterocycles. The van der Waals surface area contributed by atoms with Gasteiger partial charge in [-0.05, 0) is 36.2 Å². The summed E-state index contributed by atoms with van der Waals surface area (Å²) >= 11 is 0. The van der Waals surface area contributed by atoms with E-state index in [1.54, 1.807) is 6.20 Å². The SMILES string of the molecule is CCc1cccc(Nc2ccc3cnccc3c2N)c1. The molecule has 0 aliphatic heterocycles. The van der Waals surface area contributed by atoms with E-state index in [0.717, 1.165) is 34.3 Å². The standard InChI is InChI=1S/C17H17N3/c1-2-12-4-3-5-14(10-12)20-16-7-6-13-11-19-9-8-15(13)17(16)18/h3-11,20H,2,18H2,1H3. The molecule has 0 bridgehead atoms. The number of fused-ring (bicyclic) bond motifs is 1. The summed E-state index contributed by atoms with van der Waals surface area (Å²) in [5.74, 6) is 0. The van der Waals surface area contributed by atoms with Crippen LogP contribution in [-0.4, -0.2) is 4.98 Å². The van der Waals surface area contributed by atoms with Gasteiger partial charge in [0.05, 0.1) is 11.4 Å². The van der Waals surface area contributed by atoms with Gasteiger partial charge in [-0.2, -0.15) is 0 Å². The van der Waals surface area contributed by atoms with Crippen LogP contribution < -0.4 is 11.1 Å². The van der Waals surface area contributed by atoms with Crippen molar-refractivity contribution in [3.63, 3.8) is 0 Å². The predicted molar refractivity (Wildman–Crippen MR) is 85.3 cm³/mol. The number of nitrogen functional groups attached to an aromatic ring is 1. The van der Waals surface area contributed by atoms with Crippen molar-refractivity contribution in [1.29, 1.82) is 0 Å². The molecule has 1 aromatic heterocycles. The number of aromatic nitrogens is 1.